The third-order valence-corrected chi connectivity index (χ3v) is 2.06. The zero-order valence-electron chi connectivity index (χ0n) is 8.60. The van der Waals surface area contributed by atoms with Crippen LogP contribution in [0.15, 0.2) is 24.5 Å². The van der Waals surface area contributed by atoms with Crippen molar-refractivity contribution in [1.29, 1.82) is 0 Å². The van der Waals surface area contributed by atoms with Crippen molar-refractivity contribution in [2.75, 3.05) is 12.8 Å². The van der Waals surface area contributed by atoms with Crippen LogP contribution >= 0.6 is 0 Å². The van der Waals surface area contributed by atoms with Gasteiger partial charge < -0.3 is 15.5 Å². The maximum Gasteiger partial charge on any atom is 0.339 e. The van der Waals surface area contributed by atoms with E-state index in [0.29, 0.717) is 22.9 Å². The minimum absolute atomic E-state index is 0.328. The number of methoxy groups -OCH3 is 1. The Morgan fingerprint density at radius 1 is 1.38 bits per heavy atom. The second kappa shape index (κ2) is 4.01. The molecule has 0 fully saturated rings. The second-order valence-electron chi connectivity index (χ2n) is 3.11. The van der Waals surface area contributed by atoms with Gasteiger partial charge in [-0.05, 0) is 12.1 Å². The van der Waals surface area contributed by atoms with Gasteiger partial charge in [0.1, 0.15) is 0 Å². The minimum Gasteiger partial charge on any atom is -0.465 e. The molecule has 6 heteroatoms. The van der Waals surface area contributed by atoms with Gasteiger partial charge in [-0.25, -0.2) is 9.78 Å². The predicted octanol–water partition coefficient (Wildman–Crippen LogP) is 0.841. The number of nitrogens with zero attached hydrogens (tertiary/aromatic N) is 2. The van der Waals surface area contributed by atoms with Crippen molar-refractivity contribution in [2.45, 2.75) is 0 Å². The van der Waals surface area contributed by atoms with Gasteiger partial charge in [0.2, 0.25) is 0 Å². The summed E-state index contributed by atoms with van der Waals surface area (Å²) in [7, 11) is 1.33. The first-order valence-electron chi connectivity index (χ1n) is 4.56. The van der Waals surface area contributed by atoms with Gasteiger partial charge in [0.25, 0.3) is 0 Å². The molecule has 2 aromatic rings. The Balaban J connectivity index is 2.29. The number of hydrogen-bond acceptors (Lipinski definition) is 5. The summed E-state index contributed by atoms with van der Waals surface area (Å²) in [6.45, 7) is 0. The average Bonchev–Trinajstić information content (AvgIpc) is 2.75. The molecule has 0 aliphatic rings. The third kappa shape index (κ3) is 1.85. The van der Waals surface area contributed by atoms with E-state index >= 15 is 0 Å². The Morgan fingerprint density at radius 2 is 2.19 bits per heavy atom. The van der Waals surface area contributed by atoms with E-state index in [1.54, 1.807) is 18.3 Å². The Hall–Kier alpha value is -2.37. The van der Waals surface area contributed by atoms with Gasteiger partial charge in [-0.15, -0.1) is 0 Å². The summed E-state index contributed by atoms with van der Waals surface area (Å²) in [4.78, 5) is 22.0. The molecule has 0 aliphatic carbocycles. The van der Waals surface area contributed by atoms with Gasteiger partial charge in [0, 0.05) is 6.20 Å². The highest BCUT2D eigenvalue weighted by atomic mass is 16.5. The summed E-state index contributed by atoms with van der Waals surface area (Å²) in [6, 6.07) is 3.32. The summed E-state index contributed by atoms with van der Waals surface area (Å²) in [5, 5.41) is 0. The lowest BCUT2D eigenvalue weighted by molar-refractivity contribution is 0.0600. The number of nitrogens with two attached hydrogens (primary N) is 1. The summed E-state index contributed by atoms with van der Waals surface area (Å²) in [5.74, 6) is -0.0861. The number of hydrogen-bond donors (Lipinski definition) is 2. The molecule has 2 rings (SSSR count). The largest absolute Gasteiger partial charge is 0.465 e. The molecular weight excluding hydrogens is 208 g/mol. The number of carbonyl (C=O) groups is 1. The maximum atomic E-state index is 11.2. The first-order chi connectivity index (χ1) is 7.70. The monoisotopic (exact) mass is 218 g/mol. The van der Waals surface area contributed by atoms with Crippen molar-refractivity contribution in [1.82, 2.24) is 15.0 Å². The molecule has 0 bridgehead atoms. The van der Waals surface area contributed by atoms with Gasteiger partial charge in [-0.3, -0.25) is 4.98 Å². The van der Waals surface area contributed by atoms with Crippen LogP contribution in [0.5, 0.6) is 0 Å². The highest BCUT2D eigenvalue weighted by Crippen LogP contribution is 2.15. The average molecular weight is 218 g/mol. The Morgan fingerprint density at radius 3 is 2.69 bits per heavy atom. The fraction of sp³-hybridized carbons (Fsp3) is 0.100. The van der Waals surface area contributed by atoms with Crippen LogP contribution in [0.1, 0.15) is 10.4 Å². The van der Waals surface area contributed by atoms with Crippen molar-refractivity contribution in [2.24, 2.45) is 0 Å². The molecule has 0 amide bonds. The number of esters is 1. The zero-order valence-corrected chi connectivity index (χ0v) is 8.60. The zero-order chi connectivity index (χ0) is 11.5. The van der Waals surface area contributed by atoms with Crippen LogP contribution in [-0.2, 0) is 4.74 Å². The second-order valence-corrected chi connectivity index (χ2v) is 3.11. The molecule has 0 saturated heterocycles. The van der Waals surface area contributed by atoms with E-state index in [-0.39, 0.29) is 0 Å². The van der Waals surface area contributed by atoms with Crippen molar-refractivity contribution in [3.63, 3.8) is 0 Å². The molecule has 82 valence electrons. The number of nitrogen functional groups attached to an aromatic ring is 1. The molecule has 0 saturated carbocycles. The third-order valence-electron chi connectivity index (χ3n) is 2.06. The Bertz CT molecular complexity index is 504. The topological polar surface area (TPSA) is 93.9 Å². The molecule has 0 unspecified atom stereocenters. The van der Waals surface area contributed by atoms with Crippen LogP contribution in [0.2, 0.25) is 0 Å². The van der Waals surface area contributed by atoms with Gasteiger partial charge in [-0.2, -0.15) is 0 Å². The molecule has 0 spiro atoms. The molecule has 0 radical (unpaired) electrons. The number of carbonyl (C=O) groups excluding carboxylic acids is 1. The van der Waals surface area contributed by atoms with Crippen LogP contribution < -0.4 is 5.73 Å². The van der Waals surface area contributed by atoms with E-state index in [0.717, 1.165) is 0 Å². The molecule has 0 atom stereocenters. The number of aromatic amines is 1. The molecule has 2 aromatic heterocycles. The van der Waals surface area contributed by atoms with E-state index in [4.69, 9.17) is 5.73 Å². The number of imidazole rings is 1. The van der Waals surface area contributed by atoms with Crippen LogP contribution in [0, 0.1) is 0 Å². The Kier molecular flexibility index (Phi) is 2.55. The number of pyridine rings is 1. The maximum absolute atomic E-state index is 11.2. The van der Waals surface area contributed by atoms with E-state index in [1.807, 2.05) is 0 Å². The molecular formula is C10H10N4O2. The lowest BCUT2D eigenvalue weighted by atomic mass is 10.2. The number of aromatic nitrogens is 3. The normalized spacial score (nSPS) is 10.1. The van der Waals surface area contributed by atoms with Crippen molar-refractivity contribution in [3.8, 4) is 11.4 Å². The number of anilines is 1. The molecule has 3 N–H and O–H groups in total. The first kappa shape index (κ1) is 10.2. The summed E-state index contributed by atoms with van der Waals surface area (Å²) >= 11 is 0. The minimum atomic E-state index is -0.414. The molecule has 16 heavy (non-hydrogen) atoms. The number of nitrogens with one attached hydrogen (secondary N) is 1. The van der Waals surface area contributed by atoms with Crippen LogP contribution in [0.4, 0.5) is 5.95 Å². The number of H-pyrrole nitrogens is 1. The summed E-state index contributed by atoms with van der Waals surface area (Å²) in [6.07, 6.45) is 3.02. The molecule has 2 heterocycles. The van der Waals surface area contributed by atoms with Crippen LogP contribution in [0.3, 0.4) is 0 Å². The molecule has 6 nitrogen and oxygen atoms in total. The van der Waals surface area contributed by atoms with Crippen LogP contribution in [-0.4, -0.2) is 28.0 Å². The van der Waals surface area contributed by atoms with Gasteiger partial charge in [0.15, 0.2) is 5.95 Å². The van der Waals surface area contributed by atoms with Crippen molar-refractivity contribution < 1.29 is 9.53 Å². The van der Waals surface area contributed by atoms with E-state index in [1.165, 1.54) is 13.3 Å². The lowest BCUT2D eigenvalue weighted by Gasteiger charge is -1.99. The van der Waals surface area contributed by atoms with Gasteiger partial charge in [-0.1, -0.05) is 0 Å². The van der Waals surface area contributed by atoms with Crippen LogP contribution in [0.25, 0.3) is 11.4 Å². The predicted molar refractivity (Wildman–Crippen MR) is 57.6 cm³/mol. The van der Waals surface area contributed by atoms with E-state index in [9.17, 15) is 4.79 Å². The van der Waals surface area contributed by atoms with Gasteiger partial charge in [0.05, 0.1) is 30.3 Å². The lowest BCUT2D eigenvalue weighted by Crippen LogP contribution is -2.01. The Labute approximate surface area is 91.5 Å². The molecule has 0 aliphatic heterocycles. The van der Waals surface area contributed by atoms with Crippen molar-refractivity contribution in [3.05, 3.63) is 30.1 Å². The SMILES string of the molecule is COC(=O)c1ccc(-c2cnc(N)[nH]2)nc1. The number of ether oxygens (including phenoxy) is 1. The number of rotatable bonds is 2. The fourth-order valence-electron chi connectivity index (χ4n) is 1.26. The first-order valence-corrected chi connectivity index (χ1v) is 4.56. The molecule has 0 aromatic carbocycles. The van der Waals surface area contributed by atoms with E-state index < -0.39 is 5.97 Å². The van der Waals surface area contributed by atoms with Crippen molar-refractivity contribution >= 4 is 11.9 Å². The highest BCUT2D eigenvalue weighted by Gasteiger charge is 2.07. The standard InChI is InChI=1S/C10H10N4O2/c1-16-9(15)6-2-3-7(12-4-6)8-5-13-10(11)14-8/h2-5H,1H3,(H3,11,13,14). The smallest absolute Gasteiger partial charge is 0.339 e. The fourth-order valence-corrected chi connectivity index (χ4v) is 1.26. The quantitative estimate of drug-likeness (QED) is 0.728. The summed E-state index contributed by atoms with van der Waals surface area (Å²) < 4.78 is 4.57. The highest BCUT2D eigenvalue weighted by molar-refractivity contribution is 5.89. The van der Waals surface area contributed by atoms with E-state index in [2.05, 4.69) is 19.7 Å². The van der Waals surface area contributed by atoms with Gasteiger partial charge >= 0.3 is 5.97 Å². The summed E-state index contributed by atoms with van der Waals surface area (Å²) in [5.41, 5.74) is 7.22.